The number of aromatic nitrogens is 2. The van der Waals surface area contributed by atoms with Gasteiger partial charge in [-0.1, -0.05) is 170 Å². The Morgan fingerprint density at radius 1 is 0.241 bits per heavy atom. The molecule has 0 atom stereocenters. The van der Waals surface area contributed by atoms with Gasteiger partial charge in [-0.05, 0) is 102 Å². The molecule has 2 heteroatoms. The van der Waals surface area contributed by atoms with Gasteiger partial charge in [-0.25, -0.2) is 9.97 Å². The monoisotopic (exact) mass is 686 g/mol. The first-order chi connectivity index (χ1) is 26.7. The Kier molecular flexibility index (Phi) is 7.85. The van der Waals surface area contributed by atoms with E-state index in [1.165, 1.54) is 37.9 Å². The number of benzene rings is 9. The molecule has 0 aliphatic carbocycles. The first-order valence-corrected chi connectivity index (χ1v) is 18.4. The van der Waals surface area contributed by atoms with Gasteiger partial charge in [0, 0.05) is 16.7 Å². The zero-order valence-corrected chi connectivity index (χ0v) is 29.5. The van der Waals surface area contributed by atoms with Crippen LogP contribution in [0.5, 0.6) is 0 Å². The highest BCUT2D eigenvalue weighted by Gasteiger charge is 2.16. The van der Waals surface area contributed by atoms with Crippen molar-refractivity contribution in [3.8, 4) is 67.3 Å². The molecule has 10 aromatic rings. The Hall–Kier alpha value is -7.16. The summed E-state index contributed by atoms with van der Waals surface area (Å²) in [7, 11) is 0. The minimum absolute atomic E-state index is 0.696. The highest BCUT2D eigenvalue weighted by molar-refractivity contribution is 6.20. The van der Waals surface area contributed by atoms with E-state index in [-0.39, 0.29) is 0 Å². The van der Waals surface area contributed by atoms with Gasteiger partial charge in [-0.3, -0.25) is 0 Å². The van der Waals surface area contributed by atoms with Crippen LogP contribution in [-0.4, -0.2) is 9.97 Å². The Morgan fingerprint density at radius 3 is 1.43 bits per heavy atom. The van der Waals surface area contributed by atoms with Gasteiger partial charge < -0.3 is 0 Å². The van der Waals surface area contributed by atoms with Crippen LogP contribution in [0.15, 0.2) is 206 Å². The normalized spacial score (nSPS) is 11.3. The second kappa shape index (κ2) is 13.4. The highest BCUT2D eigenvalue weighted by Crippen LogP contribution is 2.41. The summed E-state index contributed by atoms with van der Waals surface area (Å²) in [4.78, 5) is 10.5. The summed E-state index contributed by atoms with van der Waals surface area (Å²) >= 11 is 0. The molecule has 54 heavy (non-hydrogen) atoms. The van der Waals surface area contributed by atoms with Gasteiger partial charge in [-0.2, -0.15) is 0 Å². The molecule has 0 aliphatic heterocycles. The quantitative estimate of drug-likeness (QED) is 0.129. The van der Waals surface area contributed by atoms with Crippen LogP contribution in [0, 0.1) is 0 Å². The maximum Gasteiger partial charge on any atom is 0.160 e. The van der Waals surface area contributed by atoms with Crippen LogP contribution in [0.4, 0.5) is 0 Å². The van der Waals surface area contributed by atoms with Crippen LogP contribution in [0.2, 0.25) is 0 Å². The van der Waals surface area contributed by atoms with Crippen molar-refractivity contribution < 1.29 is 0 Å². The fourth-order valence-electron chi connectivity index (χ4n) is 7.79. The third-order valence-corrected chi connectivity index (χ3v) is 10.4. The smallest absolute Gasteiger partial charge is 0.160 e. The minimum atomic E-state index is 0.696. The van der Waals surface area contributed by atoms with E-state index in [2.05, 4.69) is 188 Å². The van der Waals surface area contributed by atoms with Gasteiger partial charge in [0.05, 0.1) is 11.4 Å². The lowest BCUT2D eigenvalue weighted by Crippen LogP contribution is -1.97. The van der Waals surface area contributed by atoms with E-state index in [0.29, 0.717) is 5.82 Å². The first kappa shape index (κ1) is 31.6. The number of hydrogen-bond donors (Lipinski definition) is 0. The molecule has 10 rings (SSSR count). The van der Waals surface area contributed by atoms with Crippen LogP contribution in [0.1, 0.15) is 0 Å². The highest BCUT2D eigenvalue weighted by atomic mass is 14.9. The molecule has 1 heterocycles. The molecular weight excluding hydrogens is 653 g/mol. The van der Waals surface area contributed by atoms with E-state index in [9.17, 15) is 0 Å². The van der Waals surface area contributed by atoms with Crippen molar-refractivity contribution in [2.45, 2.75) is 0 Å². The van der Waals surface area contributed by atoms with E-state index < -0.39 is 0 Å². The fraction of sp³-hybridized carbons (Fsp3) is 0. The molecule has 0 spiro atoms. The first-order valence-electron chi connectivity index (χ1n) is 18.4. The van der Waals surface area contributed by atoms with Crippen LogP contribution in [0.3, 0.4) is 0 Å². The molecular formula is C52H34N2. The Balaban J connectivity index is 1.19. The predicted octanol–water partition coefficient (Wildman–Crippen LogP) is 13.9. The lowest BCUT2D eigenvalue weighted by molar-refractivity contribution is 1.18. The molecule has 0 fully saturated rings. The van der Waals surface area contributed by atoms with Crippen LogP contribution in [0.25, 0.3) is 99.6 Å². The van der Waals surface area contributed by atoms with Crippen LogP contribution < -0.4 is 0 Å². The molecule has 0 saturated heterocycles. The van der Waals surface area contributed by atoms with Crippen molar-refractivity contribution in [2.75, 3.05) is 0 Å². The van der Waals surface area contributed by atoms with Gasteiger partial charge in [0.1, 0.15) is 0 Å². The van der Waals surface area contributed by atoms with Crippen LogP contribution in [-0.2, 0) is 0 Å². The largest absolute Gasteiger partial charge is 0.228 e. The number of nitrogens with zero attached hydrogens (tertiary/aromatic N) is 2. The van der Waals surface area contributed by atoms with Gasteiger partial charge in [0.2, 0.25) is 0 Å². The van der Waals surface area contributed by atoms with Crippen molar-refractivity contribution in [1.82, 2.24) is 9.97 Å². The summed E-state index contributed by atoms with van der Waals surface area (Å²) in [6, 6.07) is 73.5. The molecule has 0 bridgehead atoms. The Bertz CT molecular complexity index is 2910. The van der Waals surface area contributed by atoms with Gasteiger partial charge in [0.25, 0.3) is 0 Å². The van der Waals surface area contributed by atoms with E-state index in [1.54, 1.807) is 0 Å². The summed E-state index contributed by atoms with van der Waals surface area (Å²) in [5, 5.41) is 7.47. The molecule has 0 N–H and O–H groups in total. The number of fused-ring (bicyclic) bond motifs is 4. The topological polar surface area (TPSA) is 25.8 Å². The second-order valence-corrected chi connectivity index (χ2v) is 13.8. The third kappa shape index (κ3) is 5.81. The molecule has 252 valence electrons. The van der Waals surface area contributed by atoms with Crippen molar-refractivity contribution in [1.29, 1.82) is 0 Å². The maximum absolute atomic E-state index is 5.25. The summed E-state index contributed by atoms with van der Waals surface area (Å²) in [5.74, 6) is 0.696. The second-order valence-electron chi connectivity index (χ2n) is 13.8. The summed E-state index contributed by atoms with van der Waals surface area (Å²) in [6.07, 6.45) is 0. The zero-order valence-electron chi connectivity index (χ0n) is 29.5. The summed E-state index contributed by atoms with van der Waals surface area (Å²) in [6.45, 7) is 0. The molecule has 1 aromatic heterocycles. The predicted molar refractivity (Wildman–Crippen MR) is 227 cm³/mol. The van der Waals surface area contributed by atoms with Gasteiger partial charge in [-0.15, -0.1) is 0 Å². The SMILES string of the molecule is c1ccc(-c2cc(-c3ccccc3)cc(-c3cc(-c4cccc(-c5c6ccccc6cc6c5ccc5ccccc56)c4)nc(-c4ccccc4)n3)c2)cc1. The van der Waals surface area contributed by atoms with Crippen molar-refractivity contribution in [2.24, 2.45) is 0 Å². The summed E-state index contributed by atoms with van der Waals surface area (Å²) in [5.41, 5.74) is 11.8. The summed E-state index contributed by atoms with van der Waals surface area (Å²) < 4.78 is 0. The van der Waals surface area contributed by atoms with Crippen molar-refractivity contribution in [3.05, 3.63) is 206 Å². The molecule has 0 saturated carbocycles. The maximum atomic E-state index is 5.25. The van der Waals surface area contributed by atoms with Crippen molar-refractivity contribution in [3.63, 3.8) is 0 Å². The number of rotatable bonds is 6. The lowest BCUT2D eigenvalue weighted by Gasteiger charge is -2.16. The van der Waals surface area contributed by atoms with E-state index in [0.717, 1.165) is 55.9 Å². The minimum Gasteiger partial charge on any atom is -0.228 e. The molecule has 0 amide bonds. The van der Waals surface area contributed by atoms with Crippen molar-refractivity contribution >= 4 is 32.3 Å². The lowest BCUT2D eigenvalue weighted by atomic mass is 9.89. The Labute approximate surface area is 314 Å². The van der Waals surface area contributed by atoms with E-state index in [4.69, 9.17) is 9.97 Å². The Morgan fingerprint density at radius 2 is 0.741 bits per heavy atom. The molecule has 2 nitrogen and oxygen atoms in total. The molecule has 0 aliphatic rings. The number of hydrogen-bond acceptors (Lipinski definition) is 2. The van der Waals surface area contributed by atoms with Crippen LogP contribution >= 0.6 is 0 Å². The van der Waals surface area contributed by atoms with E-state index >= 15 is 0 Å². The van der Waals surface area contributed by atoms with Gasteiger partial charge in [0.15, 0.2) is 5.82 Å². The standard InChI is InChI=1S/C52H34N2/c1-4-15-35(16-5-1)42-30-43(36-17-6-2-7-18-36)32-44(31-42)50-34-49(53-52(54-50)38-20-8-3-9-21-38)40-23-14-24-41(29-40)51-46-26-13-11-22-39(46)33-48-45-25-12-10-19-37(45)27-28-47(48)51/h1-34H. The molecule has 9 aromatic carbocycles. The molecule has 0 unspecified atom stereocenters. The zero-order chi connectivity index (χ0) is 35.8. The van der Waals surface area contributed by atoms with E-state index in [1.807, 2.05) is 18.2 Å². The average Bonchev–Trinajstić information content (AvgIpc) is 3.26. The average molecular weight is 687 g/mol. The fourth-order valence-corrected chi connectivity index (χ4v) is 7.79. The third-order valence-electron chi connectivity index (χ3n) is 10.4. The molecule has 0 radical (unpaired) electrons. The van der Waals surface area contributed by atoms with Gasteiger partial charge >= 0.3 is 0 Å².